The summed E-state index contributed by atoms with van der Waals surface area (Å²) < 4.78 is 1.09. The van der Waals surface area contributed by atoms with Crippen LogP contribution in [0.1, 0.15) is 43.4 Å². The average molecular weight is 686 g/mol. The Kier molecular flexibility index (Phi) is 7.86. The van der Waals surface area contributed by atoms with Gasteiger partial charge in [-0.15, -0.1) is 0 Å². The van der Waals surface area contributed by atoms with Gasteiger partial charge in [-0.3, -0.25) is 0 Å². The second-order valence-electron chi connectivity index (χ2n) is 13.1. The fraction of sp³-hybridized carbons (Fsp3) is 0.111. The molecular weight excluding hydrogens is 648 g/mol. The normalized spacial score (nSPS) is 14.6. The van der Waals surface area contributed by atoms with E-state index in [0.717, 1.165) is 40.1 Å². The van der Waals surface area contributed by atoms with E-state index in [1.165, 1.54) is 44.8 Å². The molecule has 6 aromatic carbocycles. The monoisotopic (exact) mass is 684 g/mol. The highest BCUT2D eigenvalue weighted by Gasteiger charge is 2.37. The van der Waals surface area contributed by atoms with Crippen molar-refractivity contribution in [3.05, 3.63) is 185 Å². The molecule has 2 aliphatic rings. The maximum atomic E-state index is 3.78. The number of fused-ring (bicyclic) bond motifs is 2. The largest absolute Gasteiger partial charge is 0.310 e. The highest BCUT2D eigenvalue weighted by atomic mass is 79.9. The molecule has 234 valence electrons. The van der Waals surface area contributed by atoms with Crippen molar-refractivity contribution in [2.24, 2.45) is 0 Å². The number of benzene rings is 6. The highest BCUT2D eigenvalue weighted by molar-refractivity contribution is 9.10. The van der Waals surface area contributed by atoms with Crippen molar-refractivity contribution < 1.29 is 0 Å². The van der Waals surface area contributed by atoms with Crippen molar-refractivity contribution in [1.82, 2.24) is 0 Å². The van der Waals surface area contributed by atoms with E-state index in [0.29, 0.717) is 0 Å². The van der Waals surface area contributed by atoms with Gasteiger partial charge in [-0.25, -0.2) is 0 Å². The predicted octanol–water partition coefficient (Wildman–Crippen LogP) is 13.4. The van der Waals surface area contributed by atoms with E-state index in [2.05, 4.69) is 203 Å². The van der Waals surface area contributed by atoms with Crippen molar-refractivity contribution in [1.29, 1.82) is 0 Å². The van der Waals surface area contributed by atoms with Crippen LogP contribution in [0.25, 0.3) is 16.7 Å². The molecule has 0 amide bonds. The molecule has 0 unspecified atom stereocenters. The Balaban J connectivity index is 1.28. The zero-order valence-electron chi connectivity index (χ0n) is 27.3. The zero-order valence-corrected chi connectivity index (χ0v) is 28.9. The number of para-hydroxylation sites is 1. The Hall–Kier alpha value is -5.12. The van der Waals surface area contributed by atoms with Crippen LogP contribution in [0.15, 0.2) is 168 Å². The van der Waals surface area contributed by atoms with Gasteiger partial charge in [0.1, 0.15) is 0 Å². The van der Waals surface area contributed by atoms with Gasteiger partial charge in [0, 0.05) is 32.6 Å². The van der Waals surface area contributed by atoms with Crippen LogP contribution < -0.4 is 9.80 Å². The summed E-state index contributed by atoms with van der Waals surface area (Å²) in [4.78, 5) is 4.81. The number of rotatable bonds is 6. The van der Waals surface area contributed by atoms with Gasteiger partial charge in [-0.05, 0) is 119 Å². The highest BCUT2D eigenvalue weighted by Crippen LogP contribution is 2.53. The van der Waals surface area contributed by atoms with Gasteiger partial charge in [-0.2, -0.15) is 0 Å². The number of nitrogens with zero attached hydrogens (tertiary/aromatic N) is 2. The van der Waals surface area contributed by atoms with Gasteiger partial charge in [0.05, 0.1) is 11.4 Å². The zero-order chi connectivity index (χ0) is 32.7. The standard InChI is InChI=1S/C45H37BrN2/c1-45(2)41-30-36(46)22-28-43(41)48(37-16-10-5-11-17-37)44-29-27-40(31-42(44)45)47(38-23-18-34(19-24-38)32-12-6-3-7-13-32)39-25-20-35(21-26-39)33-14-8-4-9-15-33/h3-8,10-14,16-31H,9,15H2,1-2H3. The molecule has 0 spiro atoms. The van der Waals surface area contributed by atoms with Crippen molar-refractivity contribution in [2.75, 3.05) is 9.80 Å². The fourth-order valence-electron chi connectivity index (χ4n) is 7.24. The molecule has 48 heavy (non-hydrogen) atoms. The summed E-state index contributed by atoms with van der Waals surface area (Å²) in [6, 6.07) is 53.0. The lowest BCUT2D eigenvalue weighted by molar-refractivity contribution is 0.631. The third-order valence-corrected chi connectivity index (χ3v) is 10.3. The summed E-state index contributed by atoms with van der Waals surface area (Å²) in [6.45, 7) is 4.70. The maximum absolute atomic E-state index is 3.78. The molecule has 0 saturated carbocycles. The first-order chi connectivity index (χ1) is 23.5. The molecule has 1 heterocycles. The van der Waals surface area contributed by atoms with Gasteiger partial charge in [0.2, 0.25) is 0 Å². The second kappa shape index (κ2) is 12.5. The minimum absolute atomic E-state index is 0.233. The second-order valence-corrected chi connectivity index (χ2v) is 14.0. The molecule has 0 fully saturated rings. The summed E-state index contributed by atoms with van der Waals surface area (Å²) in [6.07, 6.45) is 8.84. The van der Waals surface area contributed by atoms with E-state index in [4.69, 9.17) is 0 Å². The van der Waals surface area contributed by atoms with E-state index in [-0.39, 0.29) is 5.41 Å². The lowest BCUT2D eigenvalue weighted by Gasteiger charge is -2.43. The average Bonchev–Trinajstić information content (AvgIpc) is 3.14. The van der Waals surface area contributed by atoms with Crippen molar-refractivity contribution in [3.63, 3.8) is 0 Å². The molecule has 0 N–H and O–H groups in total. The molecule has 0 saturated heterocycles. The first kappa shape index (κ1) is 30.2. The lowest BCUT2D eigenvalue weighted by atomic mass is 9.73. The van der Waals surface area contributed by atoms with Crippen LogP contribution in [0.5, 0.6) is 0 Å². The molecule has 1 aliphatic heterocycles. The molecule has 0 aromatic heterocycles. The molecule has 6 aromatic rings. The number of halogens is 1. The van der Waals surface area contributed by atoms with Gasteiger partial charge in [-0.1, -0.05) is 121 Å². The van der Waals surface area contributed by atoms with E-state index < -0.39 is 0 Å². The Bertz CT molecular complexity index is 2140. The third kappa shape index (κ3) is 5.48. The Labute approximate surface area is 292 Å². The first-order valence-electron chi connectivity index (χ1n) is 16.7. The molecule has 2 nitrogen and oxygen atoms in total. The molecular formula is C45H37BrN2. The van der Waals surface area contributed by atoms with Gasteiger partial charge in [0.25, 0.3) is 0 Å². The van der Waals surface area contributed by atoms with Crippen LogP contribution in [0, 0.1) is 0 Å². The Morgan fingerprint density at radius 3 is 1.79 bits per heavy atom. The van der Waals surface area contributed by atoms with E-state index >= 15 is 0 Å². The molecule has 0 bridgehead atoms. The van der Waals surface area contributed by atoms with E-state index in [1.807, 2.05) is 0 Å². The van der Waals surface area contributed by atoms with Crippen LogP contribution in [0.4, 0.5) is 34.1 Å². The summed E-state index contributed by atoms with van der Waals surface area (Å²) in [5, 5.41) is 0. The minimum atomic E-state index is -0.233. The molecule has 0 atom stereocenters. The molecule has 8 rings (SSSR count). The first-order valence-corrected chi connectivity index (χ1v) is 17.5. The van der Waals surface area contributed by atoms with Gasteiger partial charge < -0.3 is 9.80 Å². The number of hydrogen-bond donors (Lipinski definition) is 0. The van der Waals surface area contributed by atoms with Crippen LogP contribution in [0.3, 0.4) is 0 Å². The summed E-state index contributed by atoms with van der Waals surface area (Å²) >= 11 is 3.78. The number of allylic oxidation sites excluding steroid dienone is 4. The summed E-state index contributed by atoms with van der Waals surface area (Å²) in [5.41, 5.74) is 14.4. The lowest BCUT2D eigenvalue weighted by Crippen LogP contribution is -2.31. The summed E-state index contributed by atoms with van der Waals surface area (Å²) in [5.74, 6) is 0. The van der Waals surface area contributed by atoms with Crippen molar-refractivity contribution >= 4 is 55.6 Å². The van der Waals surface area contributed by atoms with Crippen LogP contribution in [0.2, 0.25) is 0 Å². The van der Waals surface area contributed by atoms with Crippen LogP contribution in [-0.4, -0.2) is 0 Å². The predicted molar refractivity (Wildman–Crippen MR) is 207 cm³/mol. The Morgan fingerprint density at radius 1 is 0.583 bits per heavy atom. The maximum Gasteiger partial charge on any atom is 0.0504 e. The van der Waals surface area contributed by atoms with E-state index in [1.54, 1.807) is 0 Å². The van der Waals surface area contributed by atoms with Crippen molar-refractivity contribution in [3.8, 4) is 11.1 Å². The third-order valence-electron chi connectivity index (χ3n) is 9.78. The molecule has 1 aliphatic carbocycles. The minimum Gasteiger partial charge on any atom is -0.310 e. The van der Waals surface area contributed by atoms with Gasteiger partial charge >= 0.3 is 0 Å². The Morgan fingerprint density at radius 2 is 1.15 bits per heavy atom. The van der Waals surface area contributed by atoms with Crippen molar-refractivity contribution in [2.45, 2.75) is 32.1 Å². The van der Waals surface area contributed by atoms with Crippen LogP contribution in [-0.2, 0) is 5.41 Å². The number of anilines is 6. The fourth-order valence-corrected chi connectivity index (χ4v) is 7.60. The number of hydrogen-bond acceptors (Lipinski definition) is 2. The van der Waals surface area contributed by atoms with Crippen LogP contribution >= 0.6 is 15.9 Å². The van der Waals surface area contributed by atoms with Gasteiger partial charge in [0.15, 0.2) is 0 Å². The smallest absolute Gasteiger partial charge is 0.0504 e. The molecule has 0 radical (unpaired) electrons. The quantitative estimate of drug-likeness (QED) is 0.172. The van der Waals surface area contributed by atoms with E-state index in [9.17, 15) is 0 Å². The molecule has 3 heteroatoms. The summed E-state index contributed by atoms with van der Waals surface area (Å²) in [7, 11) is 0. The SMILES string of the molecule is CC1(C)c2cc(Br)ccc2N(c2ccccc2)c2ccc(N(c3ccc(C4=CC=CCC4)cc3)c3ccc(-c4ccccc4)cc3)cc21. The topological polar surface area (TPSA) is 6.48 Å².